The number of halogens is 3. The third-order valence-electron chi connectivity index (χ3n) is 1.38. The molecule has 5 heteroatoms. The van der Waals surface area contributed by atoms with Crippen molar-refractivity contribution in [2.75, 3.05) is 6.61 Å². The summed E-state index contributed by atoms with van der Waals surface area (Å²) in [4.78, 5) is 11.4. The van der Waals surface area contributed by atoms with Gasteiger partial charge in [-0.3, -0.25) is 0 Å². The Bertz CT molecular complexity index is 306. The van der Waals surface area contributed by atoms with Crippen molar-refractivity contribution in [1.82, 2.24) is 0 Å². The van der Waals surface area contributed by atoms with Gasteiger partial charge in [0.1, 0.15) is 6.61 Å². The van der Waals surface area contributed by atoms with Crippen LogP contribution in [-0.2, 0) is 4.74 Å². The lowest BCUT2D eigenvalue weighted by molar-refractivity contribution is 0.0521. The Hall–Kier alpha value is 0.130. The summed E-state index contributed by atoms with van der Waals surface area (Å²) in [6.07, 6.45) is 0. The van der Waals surface area contributed by atoms with Crippen molar-refractivity contribution in [2.45, 2.75) is 2.14 Å². The SMILES string of the molecule is O=C(OCC(Br)(Br)Br)c1ccccc1. The van der Waals surface area contributed by atoms with Crippen LogP contribution in [0.25, 0.3) is 0 Å². The average Bonchev–Trinajstić information content (AvgIpc) is 2.14. The Labute approximate surface area is 107 Å². The van der Waals surface area contributed by atoms with Crippen molar-refractivity contribution in [2.24, 2.45) is 0 Å². The highest BCUT2D eigenvalue weighted by molar-refractivity contribution is 9.39. The molecular weight excluding hydrogens is 380 g/mol. The summed E-state index contributed by atoms with van der Waals surface area (Å²) in [6, 6.07) is 8.85. The standard InChI is InChI=1S/C9H7Br3O2/c10-9(11,12)6-14-8(13)7-4-2-1-3-5-7/h1-5H,6H2. The fourth-order valence-electron chi connectivity index (χ4n) is 0.805. The van der Waals surface area contributed by atoms with Crippen LogP contribution in [0.1, 0.15) is 10.4 Å². The second-order valence-electron chi connectivity index (χ2n) is 2.56. The number of rotatable bonds is 2. The Morgan fingerprint density at radius 3 is 2.29 bits per heavy atom. The molecule has 0 aliphatic heterocycles. The van der Waals surface area contributed by atoms with Crippen LogP contribution in [-0.4, -0.2) is 14.7 Å². The van der Waals surface area contributed by atoms with E-state index in [4.69, 9.17) is 4.74 Å². The van der Waals surface area contributed by atoms with E-state index in [1.807, 2.05) is 6.07 Å². The Kier molecular flexibility index (Phi) is 4.60. The largest absolute Gasteiger partial charge is 0.459 e. The molecule has 0 N–H and O–H groups in total. The molecule has 0 atom stereocenters. The first-order valence-corrected chi connectivity index (χ1v) is 6.16. The third-order valence-corrected chi connectivity index (χ3v) is 2.06. The molecule has 0 fully saturated rings. The second-order valence-corrected chi connectivity index (χ2v) is 9.81. The molecule has 0 aromatic heterocycles. The fourth-order valence-corrected chi connectivity index (χ4v) is 1.15. The van der Waals surface area contributed by atoms with Crippen LogP contribution in [0.4, 0.5) is 0 Å². The number of carbonyl (C=O) groups excluding carboxylic acids is 1. The summed E-state index contributed by atoms with van der Waals surface area (Å²) in [6.45, 7) is 0.195. The van der Waals surface area contributed by atoms with E-state index in [1.165, 1.54) is 0 Å². The summed E-state index contributed by atoms with van der Waals surface area (Å²) in [5, 5.41) is 0. The Morgan fingerprint density at radius 1 is 1.21 bits per heavy atom. The molecule has 0 saturated heterocycles. The molecule has 0 unspecified atom stereocenters. The summed E-state index contributed by atoms with van der Waals surface area (Å²) < 4.78 is 4.47. The van der Waals surface area contributed by atoms with Crippen molar-refractivity contribution in [1.29, 1.82) is 0 Å². The zero-order valence-corrected chi connectivity index (χ0v) is 11.8. The van der Waals surface area contributed by atoms with Gasteiger partial charge in [0.2, 0.25) is 0 Å². The molecular formula is C9H7Br3O2. The van der Waals surface area contributed by atoms with Crippen LogP contribution < -0.4 is 0 Å². The molecule has 14 heavy (non-hydrogen) atoms. The van der Waals surface area contributed by atoms with E-state index in [0.29, 0.717) is 5.56 Å². The van der Waals surface area contributed by atoms with Crippen LogP contribution in [0.3, 0.4) is 0 Å². The molecule has 0 aliphatic carbocycles. The molecule has 0 heterocycles. The van der Waals surface area contributed by atoms with Crippen LogP contribution in [0.15, 0.2) is 30.3 Å². The van der Waals surface area contributed by atoms with Crippen molar-refractivity contribution in [3.05, 3.63) is 35.9 Å². The van der Waals surface area contributed by atoms with Gasteiger partial charge in [0.05, 0.1) is 5.56 Å². The summed E-state index contributed by atoms with van der Waals surface area (Å²) in [7, 11) is 0. The van der Waals surface area contributed by atoms with E-state index >= 15 is 0 Å². The van der Waals surface area contributed by atoms with Gasteiger partial charge in [0.15, 0.2) is 2.14 Å². The molecule has 0 saturated carbocycles. The number of ether oxygens (including phenoxy) is 1. The molecule has 0 aliphatic rings. The number of alkyl halides is 3. The van der Waals surface area contributed by atoms with E-state index in [-0.39, 0.29) is 12.6 Å². The first-order chi connectivity index (χ1) is 6.49. The highest BCUT2D eigenvalue weighted by Gasteiger charge is 2.20. The van der Waals surface area contributed by atoms with Gasteiger partial charge in [-0.2, -0.15) is 0 Å². The number of benzene rings is 1. The van der Waals surface area contributed by atoms with E-state index in [0.717, 1.165) is 0 Å². The van der Waals surface area contributed by atoms with Crippen molar-refractivity contribution in [3.63, 3.8) is 0 Å². The molecule has 2 nitrogen and oxygen atoms in total. The van der Waals surface area contributed by atoms with Gasteiger partial charge in [0.25, 0.3) is 0 Å². The predicted molar refractivity (Wildman–Crippen MR) is 66.2 cm³/mol. The maximum atomic E-state index is 11.4. The highest BCUT2D eigenvalue weighted by atomic mass is 80.0. The lowest BCUT2D eigenvalue weighted by Gasteiger charge is -2.12. The second kappa shape index (κ2) is 5.28. The minimum atomic E-state index is -0.544. The number of esters is 1. The molecule has 0 bridgehead atoms. The zero-order chi connectivity index (χ0) is 10.6. The van der Waals surface area contributed by atoms with E-state index in [1.54, 1.807) is 24.3 Å². The van der Waals surface area contributed by atoms with E-state index < -0.39 is 2.14 Å². The van der Waals surface area contributed by atoms with Gasteiger partial charge in [-0.05, 0) is 12.1 Å². The lowest BCUT2D eigenvalue weighted by Crippen LogP contribution is -2.15. The van der Waals surface area contributed by atoms with Crippen LogP contribution >= 0.6 is 47.8 Å². The Morgan fingerprint density at radius 2 is 1.79 bits per heavy atom. The molecule has 1 rings (SSSR count). The number of carbonyl (C=O) groups is 1. The first kappa shape index (κ1) is 12.2. The van der Waals surface area contributed by atoms with Crippen molar-refractivity contribution in [3.8, 4) is 0 Å². The molecule has 0 spiro atoms. The van der Waals surface area contributed by atoms with Gasteiger partial charge in [-0.15, -0.1) is 0 Å². The van der Waals surface area contributed by atoms with Gasteiger partial charge in [-0.25, -0.2) is 4.79 Å². The zero-order valence-electron chi connectivity index (χ0n) is 7.04. The average molecular weight is 387 g/mol. The molecule has 1 aromatic rings. The molecule has 76 valence electrons. The normalized spacial score (nSPS) is 11.1. The minimum absolute atomic E-state index is 0.195. The lowest BCUT2D eigenvalue weighted by atomic mass is 10.2. The maximum absolute atomic E-state index is 11.4. The quantitative estimate of drug-likeness (QED) is 0.572. The molecule has 0 amide bonds. The highest BCUT2D eigenvalue weighted by Crippen LogP contribution is 2.33. The smallest absolute Gasteiger partial charge is 0.338 e. The number of hydrogen-bond acceptors (Lipinski definition) is 2. The number of hydrogen-bond donors (Lipinski definition) is 0. The first-order valence-electron chi connectivity index (χ1n) is 3.78. The van der Waals surface area contributed by atoms with Crippen LogP contribution in [0, 0.1) is 0 Å². The van der Waals surface area contributed by atoms with Crippen LogP contribution in [0.5, 0.6) is 0 Å². The van der Waals surface area contributed by atoms with Gasteiger partial charge in [-0.1, -0.05) is 66.0 Å². The van der Waals surface area contributed by atoms with Crippen molar-refractivity contribution < 1.29 is 9.53 Å². The summed E-state index contributed by atoms with van der Waals surface area (Å²) in [5.74, 6) is -0.340. The fraction of sp³-hybridized carbons (Fsp3) is 0.222. The van der Waals surface area contributed by atoms with E-state index in [2.05, 4.69) is 47.8 Å². The maximum Gasteiger partial charge on any atom is 0.338 e. The topological polar surface area (TPSA) is 26.3 Å². The van der Waals surface area contributed by atoms with Gasteiger partial charge >= 0.3 is 5.97 Å². The van der Waals surface area contributed by atoms with Crippen LogP contribution in [0.2, 0.25) is 0 Å². The summed E-state index contributed by atoms with van der Waals surface area (Å²) >= 11 is 9.71. The monoisotopic (exact) mass is 384 g/mol. The van der Waals surface area contributed by atoms with Gasteiger partial charge < -0.3 is 4.74 Å². The predicted octanol–water partition coefficient (Wildman–Crippen LogP) is 3.68. The Balaban J connectivity index is 2.52. The molecule has 0 radical (unpaired) electrons. The minimum Gasteiger partial charge on any atom is -0.459 e. The third kappa shape index (κ3) is 4.57. The van der Waals surface area contributed by atoms with E-state index in [9.17, 15) is 4.79 Å². The van der Waals surface area contributed by atoms with Crippen molar-refractivity contribution >= 4 is 53.8 Å². The molecule has 1 aromatic carbocycles. The van der Waals surface area contributed by atoms with Gasteiger partial charge in [0, 0.05) is 0 Å². The summed E-state index contributed by atoms with van der Waals surface area (Å²) in [5.41, 5.74) is 0.546.